The number of hydrogen-bond acceptors (Lipinski definition) is 8. The van der Waals surface area contributed by atoms with E-state index < -0.39 is 0 Å². The molecule has 4 aromatic rings. The Kier molecular flexibility index (Phi) is 5.71. The van der Waals surface area contributed by atoms with Crippen LogP contribution >= 0.6 is 22.7 Å². The number of anilines is 1. The maximum absolute atomic E-state index is 5.47. The van der Waals surface area contributed by atoms with E-state index in [0.29, 0.717) is 0 Å². The van der Waals surface area contributed by atoms with Gasteiger partial charge in [0.1, 0.15) is 5.69 Å². The number of ether oxygens (including phenoxy) is 1. The van der Waals surface area contributed by atoms with Crippen LogP contribution in [0.15, 0.2) is 47.2 Å². The zero-order valence-electron chi connectivity index (χ0n) is 18.6. The lowest BCUT2D eigenvalue weighted by Crippen LogP contribution is -2.36. The number of morpholine rings is 1. The third kappa shape index (κ3) is 4.10. The van der Waals surface area contributed by atoms with Gasteiger partial charge in [-0.1, -0.05) is 30.3 Å². The Morgan fingerprint density at radius 3 is 2.64 bits per heavy atom. The van der Waals surface area contributed by atoms with Crippen LogP contribution in [0.25, 0.3) is 22.0 Å². The van der Waals surface area contributed by atoms with Crippen molar-refractivity contribution in [2.45, 2.75) is 26.1 Å². The van der Waals surface area contributed by atoms with E-state index in [1.54, 1.807) is 22.7 Å². The summed E-state index contributed by atoms with van der Waals surface area (Å²) in [7, 11) is 0. The van der Waals surface area contributed by atoms with Gasteiger partial charge in [-0.25, -0.2) is 4.98 Å². The van der Waals surface area contributed by atoms with Gasteiger partial charge in [-0.15, -0.1) is 32.9 Å². The van der Waals surface area contributed by atoms with Crippen LogP contribution in [0.2, 0.25) is 0 Å². The smallest absolute Gasteiger partial charge is 0.186 e. The highest BCUT2D eigenvalue weighted by molar-refractivity contribution is 7.14. The van der Waals surface area contributed by atoms with E-state index in [0.717, 1.165) is 68.4 Å². The fraction of sp³-hybridized carbons (Fsp3) is 0.375. The monoisotopic (exact) mass is 478 g/mol. The Labute approximate surface area is 201 Å². The molecular formula is C24H26N6OS2. The van der Waals surface area contributed by atoms with Crippen LogP contribution in [0.4, 0.5) is 5.13 Å². The maximum Gasteiger partial charge on any atom is 0.186 e. The molecule has 1 aromatic carbocycles. The fourth-order valence-electron chi connectivity index (χ4n) is 4.55. The number of benzene rings is 1. The summed E-state index contributed by atoms with van der Waals surface area (Å²) < 4.78 is 7.72. The van der Waals surface area contributed by atoms with E-state index >= 15 is 0 Å². The lowest BCUT2D eigenvalue weighted by atomic mass is 10.1. The molecule has 1 atom stereocenters. The molecule has 6 rings (SSSR count). The largest absolute Gasteiger partial charge is 0.378 e. The summed E-state index contributed by atoms with van der Waals surface area (Å²) in [5.74, 6) is 1.90. The predicted molar refractivity (Wildman–Crippen MR) is 133 cm³/mol. The second-order valence-electron chi connectivity index (χ2n) is 8.47. The molecule has 3 aromatic heterocycles. The summed E-state index contributed by atoms with van der Waals surface area (Å²) in [5, 5.41) is 14.4. The van der Waals surface area contributed by atoms with E-state index in [4.69, 9.17) is 9.72 Å². The van der Waals surface area contributed by atoms with Crippen molar-refractivity contribution in [3.63, 3.8) is 0 Å². The van der Waals surface area contributed by atoms with Gasteiger partial charge in [0.2, 0.25) is 0 Å². The van der Waals surface area contributed by atoms with E-state index in [-0.39, 0.29) is 6.04 Å². The van der Waals surface area contributed by atoms with Gasteiger partial charge in [0, 0.05) is 43.0 Å². The lowest BCUT2D eigenvalue weighted by molar-refractivity contribution is 0.122. The number of fused-ring (bicyclic) bond motifs is 1. The lowest BCUT2D eigenvalue weighted by Gasteiger charge is -2.33. The molecule has 33 heavy (non-hydrogen) atoms. The standard InChI is InChI=1S/C24H26N6OS2/c1-17-22-26-27-23(20-16-33-24(25-20)28-10-12-31-13-11-28)30(22)9-8-29(17)15-18-4-6-19(7-5-18)21-3-2-14-32-21/h2-7,14,16-17H,8-13,15H2,1H3. The molecule has 0 bridgehead atoms. The minimum absolute atomic E-state index is 0.203. The quantitative estimate of drug-likeness (QED) is 0.420. The van der Waals surface area contributed by atoms with Gasteiger partial charge in [0.05, 0.1) is 19.3 Å². The topological polar surface area (TPSA) is 59.3 Å². The fourth-order valence-corrected chi connectivity index (χ4v) is 6.14. The normalized spacial score (nSPS) is 19.1. The first-order valence-electron chi connectivity index (χ1n) is 11.3. The Morgan fingerprint density at radius 2 is 1.85 bits per heavy atom. The summed E-state index contributed by atoms with van der Waals surface area (Å²) in [5.41, 5.74) is 3.53. The zero-order chi connectivity index (χ0) is 22.2. The number of thiazole rings is 1. The van der Waals surface area contributed by atoms with E-state index in [1.165, 1.54) is 16.0 Å². The molecular weight excluding hydrogens is 452 g/mol. The Hall–Kier alpha value is -2.59. The Bertz CT molecular complexity index is 1210. The number of hydrogen-bond donors (Lipinski definition) is 0. The molecule has 0 N–H and O–H groups in total. The van der Waals surface area contributed by atoms with E-state index in [2.05, 4.69) is 78.6 Å². The first-order chi connectivity index (χ1) is 16.3. The van der Waals surface area contributed by atoms with Crippen LogP contribution in [0.5, 0.6) is 0 Å². The second kappa shape index (κ2) is 8.98. The van der Waals surface area contributed by atoms with Crippen LogP contribution in [-0.4, -0.2) is 57.5 Å². The zero-order valence-corrected chi connectivity index (χ0v) is 20.2. The highest BCUT2D eigenvalue weighted by Gasteiger charge is 2.29. The van der Waals surface area contributed by atoms with E-state index in [1.807, 2.05) is 0 Å². The third-order valence-electron chi connectivity index (χ3n) is 6.46. The Balaban J connectivity index is 1.17. The summed E-state index contributed by atoms with van der Waals surface area (Å²) in [6.45, 7) is 8.29. The molecule has 0 radical (unpaired) electrons. The SMILES string of the molecule is CC1c2nnc(-c3csc(N4CCOCC4)n3)n2CCN1Cc1ccc(-c2cccs2)cc1. The first-order valence-corrected chi connectivity index (χ1v) is 13.1. The van der Waals surface area contributed by atoms with Crippen molar-refractivity contribution in [3.8, 4) is 22.0 Å². The van der Waals surface area contributed by atoms with Gasteiger partial charge < -0.3 is 14.2 Å². The molecule has 1 fully saturated rings. The van der Waals surface area contributed by atoms with Crippen LogP contribution in [0.3, 0.4) is 0 Å². The molecule has 0 saturated carbocycles. The molecule has 9 heteroatoms. The van der Waals surface area contributed by atoms with Gasteiger partial charge >= 0.3 is 0 Å². The van der Waals surface area contributed by atoms with Gasteiger partial charge in [0.25, 0.3) is 0 Å². The molecule has 0 spiro atoms. The number of nitrogens with zero attached hydrogens (tertiary/aromatic N) is 6. The molecule has 5 heterocycles. The molecule has 2 aliphatic rings. The van der Waals surface area contributed by atoms with E-state index in [9.17, 15) is 0 Å². The average Bonchev–Trinajstić information content (AvgIpc) is 3.62. The number of thiophene rings is 1. The van der Waals surface area contributed by atoms with Crippen molar-refractivity contribution in [1.82, 2.24) is 24.6 Å². The van der Waals surface area contributed by atoms with Crippen LogP contribution < -0.4 is 4.90 Å². The average molecular weight is 479 g/mol. The van der Waals surface area contributed by atoms with Crippen LogP contribution in [0.1, 0.15) is 24.4 Å². The van der Waals surface area contributed by atoms with Crippen molar-refractivity contribution >= 4 is 27.8 Å². The number of aromatic nitrogens is 4. The van der Waals surface area contributed by atoms with Gasteiger partial charge in [-0.05, 0) is 29.5 Å². The van der Waals surface area contributed by atoms with Gasteiger partial charge in [-0.2, -0.15) is 0 Å². The first kappa shape index (κ1) is 21.0. The summed E-state index contributed by atoms with van der Waals surface area (Å²) in [6, 6.07) is 13.4. The minimum Gasteiger partial charge on any atom is -0.378 e. The molecule has 7 nitrogen and oxygen atoms in total. The minimum atomic E-state index is 0.203. The highest BCUT2D eigenvalue weighted by Crippen LogP contribution is 2.32. The molecule has 0 amide bonds. The van der Waals surface area contributed by atoms with Gasteiger partial charge in [0.15, 0.2) is 16.8 Å². The van der Waals surface area contributed by atoms with Crippen molar-refractivity contribution in [1.29, 1.82) is 0 Å². The molecule has 1 saturated heterocycles. The molecule has 2 aliphatic heterocycles. The van der Waals surface area contributed by atoms with Gasteiger partial charge in [-0.3, -0.25) is 4.90 Å². The summed E-state index contributed by atoms with van der Waals surface area (Å²) >= 11 is 3.46. The summed E-state index contributed by atoms with van der Waals surface area (Å²) in [4.78, 5) is 11.0. The molecule has 1 unspecified atom stereocenters. The Morgan fingerprint density at radius 1 is 1.00 bits per heavy atom. The summed E-state index contributed by atoms with van der Waals surface area (Å²) in [6.07, 6.45) is 0. The molecule has 0 aliphatic carbocycles. The predicted octanol–water partition coefficient (Wildman–Crippen LogP) is 4.54. The second-order valence-corrected chi connectivity index (χ2v) is 10.3. The van der Waals surface area contributed by atoms with Crippen molar-refractivity contribution in [2.75, 3.05) is 37.7 Å². The van der Waals surface area contributed by atoms with Crippen LogP contribution in [-0.2, 0) is 17.8 Å². The number of rotatable bonds is 5. The molecule has 170 valence electrons. The van der Waals surface area contributed by atoms with Crippen molar-refractivity contribution < 1.29 is 4.74 Å². The maximum atomic E-state index is 5.47. The van der Waals surface area contributed by atoms with Crippen LogP contribution in [0, 0.1) is 0 Å². The van der Waals surface area contributed by atoms with Crippen molar-refractivity contribution in [2.24, 2.45) is 0 Å². The third-order valence-corrected chi connectivity index (χ3v) is 8.28. The van der Waals surface area contributed by atoms with Crippen molar-refractivity contribution in [3.05, 3.63) is 58.5 Å². The highest BCUT2D eigenvalue weighted by atomic mass is 32.1.